The van der Waals surface area contributed by atoms with E-state index in [-0.39, 0.29) is 42.8 Å². The maximum atomic E-state index is 13.0. The number of hydrogen-bond donors (Lipinski definition) is 0. The molecule has 1 saturated heterocycles. The lowest BCUT2D eigenvalue weighted by Gasteiger charge is -2.36. The van der Waals surface area contributed by atoms with Crippen molar-refractivity contribution in [3.05, 3.63) is 29.3 Å². The highest BCUT2D eigenvalue weighted by Crippen LogP contribution is 2.29. The number of para-hydroxylation sites is 1. The minimum Gasteiger partial charge on any atom is -0.489 e. The fraction of sp³-hybridized carbons (Fsp3) is 0.571. The van der Waals surface area contributed by atoms with Gasteiger partial charge in [-0.05, 0) is 25.0 Å². The number of carbonyl (C=O) groups excluding carboxylic acids is 2. The number of nitrogens with zero attached hydrogens (tertiary/aromatic N) is 3. The smallest absolute Gasteiger partial charge is 0.257 e. The lowest BCUT2D eigenvalue weighted by molar-refractivity contribution is -0.154. The van der Waals surface area contributed by atoms with Gasteiger partial charge in [0, 0.05) is 34.3 Å². The van der Waals surface area contributed by atoms with Crippen LogP contribution >= 0.6 is 0 Å². The van der Waals surface area contributed by atoms with Crippen molar-refractivity contribution in [1.29, 1.82) is 5.26 Å². The van der Waals surface area contributed by atoms with Crippen molar-refractivity contribution in [2.24, 2.45) is 0 Å². The summed E-state index contributed by atoms with van der Waals surface area (Å²) in [4.78, 5) is 28.7. The molecule has 0 saturated carbocycles. The van der Waals surface area contributed by atoms with Crippen LogP contribution in [0.1, 0.15) is 35.2 Å². The molecule has 0 radical (unpaired) electrons. The van der Waals surface area contributed by atoms with E-state index in [1.165, 1.54) is 4.90 Å². The molecule has 2 heterocycles. The van der Waals surface area contributed by atoms with E-state index >= 15 is 0 Å². The Bertz CT molecular complexity index is 806. The van der Waals surface area contributed by atoms with Crippen LogP contribution in [0, 0.1) is 11.3 Å². The number of likely N-dealkylation sites (N-methyl/N-ethyl adjacent to an activating group) is 2. The quantitative estimate of drug-likeness (QED) is 0.707. The lowest BCUT2D eigenvalue weighted by Crippen LogP contribution is -2.46. The summed E-state index contributed by atoms with van der Waals surface area (Å²) in [5.41, 5.74) is 0.615. The first kappa shape index (κ1) is 21.1. The highest BCUT2D eigenvalue weighted by Gasteiger charge is 2.34. The van der Waals surface area contributed by atoms with Crippen LogP contribution in [-0.2, 0) is 14.3 Å². The number of amides is 2. The topological polar surface area (TPSA) is 92.1 Å². The van der Waals surface area contributed by atoms with Gasteiger partial charge < -0.3 is 24.0 Å². The van der Waals surface area contributed by atoms with E-state index in [1.54, 1.807) is 44.3 Å². The Balaban J connectivity index is 1.95. The molecule has 3 atom stereocenters. The first-order valence-corrected chi connectivity index (χ1v) is 9.78. The summed E-state index contributed by atoms with van der Waals surface area (Å²) in [6, 6.07) is 7.03. The summed E-state index contributed by atoms with van der Waals surface area (Å²) < 4.78 is 17.6. The van der Waals surface area contributed by atoms with Crippen LogP contribution in [0.5, 0.6) is 5.75 Å². The molecule has 2 amide bonds. The fourth-order valence-electron chi connectivity index (χ4n) is 3.70. The van der Waals surface area contributed by atoms with Gasteiger partial charge in [-0.2, -0.15) is 5.26 Å². The van der Waals surface area contributed by atoms with Crippen molar-refractivity contribution in [1.82, 2.24) is 9.80 Å². The molecule has 1 aromatic rings. The van der Waals surface area contributed by atoms with Crippen molar-refractivity contribution >= 4 is 11.8 Å². The van der Waals surface area contributed by atoms with E-state index in [4.69, 9.17) is 14.2 Å². The van der Waals surface area contributed by atoms with Crippen LogP contribution in [0.25, 0.3) is 0 Å². The normalized spacial score (nSPS) is 26.2. The first-order chi connectivity index (χ1) is 13.9. The molecule has 29 heavy (non-hydrogen) atoms. The van der Waals surface area contributed by atoms with Crippen LogP contribution in [0.4, 0.5) is 0 Å². The SMILES string of the molecule is CO[C@H]1CC[C@H]2CC(=O)N(C)CCN(C)C(=O)c3cccc(C#N)c3OC[C@@H]1O2. The number of ether oxygens (including phenoxy) is 3. The van der Waals surface area contributed by atoms with Gasteiger partial charge in [-0.15, -0.1) is 0 Å². The number of nitriles is 1. The van der Waals surface area contributed by atoms with Crippen molar-refractivity contribution in [3.63, 3.8) is 0 Å². The Morgan fingerprint density at radius 3 is 2.66 bits per heavy atom. The maximum Gasteiger partial charge on any atom is 0.257 e. The summed E-state index contributed by atoms with van der Waals surface area (Å²) in [7, 11) is 5.02. The van der Waals surface area contributed by atoms with Gasteiger partial charge in [-0.25, -0.2) is 0 Å². The fourth-order valence-corrected chi connectivity index (χ4v) is 3.70. The zero-order valence-corrected chi connectivity index (χ0v) is 17.1. The van der Waals surface area contributed by atoms with Crippen molar-refractivity contribution in [2.75, 3.05) is 40.9 Å². The number of benzene rings is 1. The molecule has 3 rings (SSSR count). The molecule has 156 valence electrons. The second-order valence-corrected chi connectivity index (χ2v) is 7.50. The van der Waals surface area contributed by atoms with Gasteiger partial charge >= 0.3 is 0 Å². The predicted octanol–water partition coefficient (Wildman–Crippen LogP) is 1.43. The third-order valence-electron chi connectivity index (χ3n) is 5.56. The average molecular weight is 401 g/mol. The molecular weight excluding hydrogens is 374 g/mol. The first-order valence-electron chi connectivity index (χ1n) is 9.78. The monoisotopic (exact) mass is 401 g/mol. The van der Waals surface area contributed by atoms with Crippen LogP contribution in [0.2, 0.25) is 0 Å². The molecule has 8 nitrogen and oxygen atoms in total. The van der Waals surface area contributed by atoms with Crippen molar-refractivity contribution in [3.8, 4) is 11.8 Å². The third-order valence-corrected chi connectivity index (χ3v) is 5.56. The van der Waals surface area contributed by atoms with Crippen LogP contribution in [0.3, 0.4) is 0 Å². The van der Waals surface area contributed by atoms with E-state index in [9.17, 15) is 14.9 Å². The highest BCUT2D eigenvalue weighted by atomic mass is 16.6. The van der Waals surface area contributed by atoms with Gasteiger partial charge in [-0.1, -0.05) is 6.07 Å². The number of fused-ring (bicyclic) bond motifs is 3. The van der Waals surface area contributed by atoms with Gasteiger partial charge in [0.05, 0.1) is 29.8 Å². The Morgan fingerprint density at radius 2 is 1.93 bits per heavy atom. The zero-order chi connectivity index (χ0) is 21.0. The molecule has 2 aliphatic heterocycles. The Kier molecular flexibility index (Phi) is 6.72. The maximum absolute atomic E-state index is 13.0. The molecule has 1 fully saturated rings. The van der Waals surface area contributed by atoms with Crippen molar-refractivity contribution < 1.29 is 23.8 Å². The number of methoxy groups -OCH3 is 1. The van der Waals surface area contributed by atoms with Gasteiger partial charge in [0.25, 0.3) is 5.91 Å². The van der Waals surface area contributed by atoms with Gasteiger partial charge in [0.15, 0.2) is 0 Å². The summed E-state index contributed by atoms with van der Waals surface area (Å²) in [5.74, 6) is -0.0229. The van der Waals surface area contributed by atoms with Crippen LogP contribution in [-0.4, -0.2) is 80.8 Å². The largest absolute Gasteiger partial charge is 0.489 e. The molecule has 2 bridgehead atoms. The lowest BCUT2D eigenvalue weighted by atomic mass is 9.98. The summed E-state index contributed by atoms with van der Waals surface area (Å²) in [5, 5.41) is 9.50. The molecule has 8 heteroatoms. The van der Waals surface area contributed by atoms with Gasteiger partial charge in [-0.3, -0.25) is 9.59 Å². The minimum absolute atomic E-state index is 0.0180. The molecule has 0 spiro atoms. The van der Waals surface area contributed by atoms with E-state index in [0.29, 0.717) is 24.2 Å². The molecule has 0 unspecified atom stereocenters. The second-order valence-electron chi connectivity index (χ2n) is 7.50. The van der Waals surface area contributed by atoms with Gasteiger partial charge in [0.2, 0.25) is 5.91 Å². The Morgan fingerprint density at radius 1 is 1.17 bits per heavy atom. The summed E-state index contributed by atoms with van der Waals surface area (Å²) >= 11 is 0. The number of rotatable bonds is 1. The standard InChI is InChI=1S/C21H27N3O5/c1-23-9-10-24(2)21(26)16-6-4-5-14(12-22)20(16)28-13-18-17(27-3)8-7-15(29-18)11-19(23)25/h4-6,15,17-18H,7-11,13H2,1-3H3/t15-,17-,18-/m0/s1. The van der Waals surface area contributed by atoms with Crippen molar-refractivity contribution in [2.45, 2.75) is 37.6 Å². The van der Waals surface area contributed by atoms with Crippen LogP contribution < -0.4 is 4.74 Å². The average Bonchev–Trinajstić information content (AvgIpc) is 2.74. The van der Waals surface area contributed by atoms with Gasteiger partial charge in [0.1, 0.15) is 24.5 Å². The van der Waals surface area contributed by atoms with E-state index in [1.807, 2.05) is 0 Å². The number of hydrogen-bond acceptors (Lipinski definition) is 6. The molecule has 0 N–H and O–H groups in total. The molecule has 2 aliphatic rings. The zero-order valence-electron chi connectivity index (χ0n) is 17.1. The second kappa shape index (κ2) is 9.25. The number of carbonyl (C=O) groups is 2. The third kappa shape index (κ3) is 4.69. The van der Waals surface area contributed by atoms with Crippen LogP contribution in [0.15, 0.2) is 18.2 Å². The Hall–Kier alpha value is -2.63. The molecular formula is C21H27N3O5. The predicted molar refractivity (Wildman–Crippen MR) is 105 cm³/mol. The minimum atomic E-state index is -0.396. The van der Waals surface area contributed by atoms with E-state index in [2.05, 4.69) is 6.07 Å². The van der Waals surface area contributed by atoms with E-state index < -0.39 is 6.10 Å². The molecule has 0 aromatic heterocycles. The summed E-state index contributed by atoms with van der Waals surface area (Å²) in [6.45, 7) is 0.908. The van der Waals surface area contributed by atoms with E-state index in [0.717, 1.165) is 12.8 Å². The molecule has 1 aromatic carbocycles. The highest BCUT2D eigenvalue weighted by molar-refractivity contribution is 5.97. The summed E-state index contributed by atoms with van der Waals surface area (Å²) in [6.07, 6.45) is 0.975. The molecule has 0 aliphatic carbocycles. The Labute approximate surface area is 170 Å².